The summed E-state index contributed by atoms with van der Waals surface area (Å²) in [6, 6.07) is 0. The number of hydrogen-bond acceptors (Lipinski definition) is 4. The van der Waals surface area contributed by atoms with Crippen molar-refractivity contribution in [3.05, 3.63) is 10.4 Å². The zero-order valence-corrected chi connectivity index (χ0v) is 8.69. The number of carbonyl (C=O) groups is 1. The molecule has 0 amide bonds. The van der Waals surface area contributed by atoms with E-state index in [1.54, 1.807) is 20.8 Å². The fourth-order valence-corrected chi connectivity index (χ4v) is 0.677. The molecule has 0 aliphatic carbocycles. The zero-order valence-electron chi connectivity index (χ0n) is 8.69. The Morgan fingerprint density at radius 2 is 2.14 bits per heavy atom. The first-order chi connectivity index (χ1) is 6.45. The first-order valence-corrected chi connectivity index (χ1v) is 4.26. The third-order valence-corrected chi connectivity index (χ3v) is 1.04. The summed E-state index contributed by atoms with van der Waals surface area (Å²) in [5, 5.41) is 3.25. The Labute approximate surface area is 82.8 Å². The summed E-state index contributed by atoms with van der Waals surface area (Å²) in [5.74, 6) is -0.418. The Kier molecular flexibility index (Phi) is 5.67. The summed E-state index contributed by atoms with van der Waals surface area (Å²) in [4.78, 5) is 13.6. The van der Waals surface area contributed by atoms with E-state index in [0.717, 1.165) is 0 Å². The molecule has 80 valence electrons. The number of esters is 1. The van der Waals surface area contributed by atoms with E-state index >= 15 is 0 Å². The van der Waals surface area contributed by atoms with Crippen molar-refractivity contribution < 1.29 is 14.3 Å². The van der Waals surface area contributed by atoms with Crippen molar-refractivity contribution in [3.63, 3.8) is 0 Å². The maximum absolute atomic E-state index is 11.0. The minimum absolute atomic E-state index is 0.113. The van der Waals surface area contributed by atoms with Gasteiger partial charge in [0.2, 0.25) is 0 Å². The van der Waals surface area contributed by atoms with Crippen molar-refractivity contribution in [1.82, 2.24) is 0 Å². The predicted molar refractivity (Wildman–Crippen MR) is 50.7 cm³/mol. The highest BCUT2D eigenvalue weighted by Crippen LogP contribution is 2.06. The van der Waals surface area contributed by atoms with Gasteiger partial charge in [-0.1, -0.05) is 5.11 Å². The molecule has 0 saturated carbocycles. The molecule has 0 atom stereocenters. The van der Waals surface area contributed by atoms with E-state index in [2.05, 4.69) is 10.0 Å². The van der Waals surface area contributed by atoms with Crippen LogP contribution in [0.4, 0.5) is 0 Å². The molecule has 0 spiro atoms. The lowest BCUT2D eigenvalue weighted by Crippen LogP contribution is -2.26. The minimum Gasteiger partial charge on any atom is -0.458 e. The van der Waals surface area contributed by atoms with Crippen LogP contribution < -0.4 is 0 Å². The van der Waals surface area contributed by atoms with Gasteiger partial charge in [0.15, 0.2) is 0 Å². The van der Waals surface area contributed by atoms with E-state index in [-0.39, 0.29) is 19.8 Å². The van der Waals surface area contributed by atoms with E-state index in [4.69, 9.17) is 15.0 Å². The highest BCUT2D eigenvalue weighted by atomic mass is 16.6. The Morgan fingerprint density at radius 3 is 2.64 bits per heavy atom. The molecule has 0 radical (unpaired) electrons. The van der Waals surface area contributed by atoms with Gasteiger partial charge in [0.1, 0.15) is 12.2 Å². The maximum atomic E-state index is 11.0. The van der Waals surface area contributed by atoms with Crippen LogP contribution in [-0.4, -0.2) is 31.3 Å². The van der Waals surface area contributed by atoms with Crippen LogP contribution >= 0.6 is 0 Å². The lowest BCUT2D eigenvalue weighted by Gasteiger charge is -2.19. The topological polar surface area (TPSA) is 84.3 Å². The van der Waals surface area contributed by atoms with Crippen LogP contribution in [0.2, 0.25) is 0 Å². The Bertz CT molecular complexity index is 228. The second-order valence-corrected chi connectivity index (χ2v) is 3.59. The van der Waals surface area contributed by atoms with Gasteiger partial charge in [-0.2, -0.15) is 0 Å². The van der Waals surface area contributed by atoms with Crippen molar-refractivity contribution in [2.45, 2.75) is 26.4 Å². The van der Waals surface area contributed by atoms with Crippen LogP contribution in [0.25, 0.3) is 10.4 Å². The average molecular weight is 201 g/mol. The number of azide groups is 1. The number of ether oxygens (including phenoxy) is 2. The summed E-state index contributed by atoms with van der Waals surface area (Å²) < 4.78 is 9.88. The van der Waals surface area contributed by atoms with Crippen LogP contribution in [0.1, 0.15) is 20.8 Å². The standard InChI is InChI=1S/C8H15N3O3/c1-8(2,3)14-7(12)6-13-5-4-10-11-9/h4-6H2,1-3H3. The van der Waals surface area contributed by atoms with Gasteiger partial charge < -0.3 is 9.47 Å². The van der Waals surface area contributed by atoms with Gasteiger partial charge in [0, 0.05) is 11.5 Å². The third kappa shape index (κ3) is 8.83. The average Bonchev–Trinajstić information content (AvgIpc) is 2.00. The lowest BCUT2D eigenvalue weighted by molar-refractivity contribution is -0.160. The van der Waals surface area contributed by atoms with E-state index in [1.165, 1.54) is 0 Å². The van der Waals surface area contributed by atoms with E-state index in [9.17, 15) is 4.79 Å². The van der Waals surface area contributed by atoms with Crippen molar-refractivity contribution in [2.24, 2.45) is 5.11 Å². The van der Waals surface area contributed by atoms with Crippen LogP contribution in [0, 0.1) is 0 Å². The zero-order chi connectivity index (χ0) is 11.0. The van der Waals surface area contributed by atoms with Crippen molar-refractivity contribution in [2.75, 3.05) is 19.8 Å². The molecule has 0 aromatic carbocycles. The Morgan fingerprint density at radius 1 is 1.50 bits per heavy atom. The summed E-state index contributed by atoms with van der Waals surface area (Å²) >= 11 is 0. The molecule has 0 saturated heterocycles. The monoisotopic (exact) mass is 201 g/mol. The van der Waals surface area contributed by atoms with Gasteiger partial charge in [0.25, 0.3) is 0 Å². The molecule has 0 rings (SSSR count). The third-order valence-electron chi connectivity index (χ3n) is 1.04. The molecule has 0 aromatic heterocycles. The van der Waals surface area contributed by atoms with Gasteiger partial charge in [-0.3, -0.25) is 0 Å². The van der Waals surface area contributed by atoms with Crippen LogP contribution in [0.5, 0.6) is 0 Å². The van der Waals surface area contributed by atoms with Crippen LogP contribution in [0.3, 0.4) is 0 Å². The molecule has 0 unspecified atom stereocenters. The summed E-state index contributed by atoms with van der Waals surface area (Å²) in [6.07, 6.45) is 0. The SMILES string of the molecule is CC(C)(C)OC(=O)COCCN=[N+]=[N-]. The first kappa shape index (κ1) is 12.7. The Hall–Kier alpha value is -1.26. The molecule has 0 N–H and O–H groups in total. The minimum atomic E-state index is -0.495. The summed E-state index contributed by atoms with van der Waals surface area (Å²) in [7, 11) is 0. The molecular weight excluding hydrogens is 186 g/mol. The van der Waals surface area contributed by atoms with Gasteiger partial charge in [0.05, 0.1) is 6.61 Å². The molecule has 0 fully saturated rings. The second kappa shape index (κ2) is 6.23. The van der Waals surface area contributed by atoms with Gasteiger partial charge in [-0.25, -0.2) is 4.79 Å². The lowest BCUT2D eigenvalue weighted by atomic mass is 10.2. The maximum Gasteiger partial charge on any atom is 0.332 e. The quantitative estimate of drug-likeness (QED) is 0.223. The van der Waals surface area contributed by atoms with Crippen molar-refractivity contribution >= 4 is 5.97 Å². The molecular formula is C8H15N3O3. The molecule has 6 heteroatoms. The first-order valence-electron chi connectivity index (χ1n) is 4.26. The van der Waals surface area contributed by atoms with E-state index < -0.39 is 11.6 Å². The molecule has 0 bridgehead atoms. The molecule has 6 nitrogen and oxygen atoms in total. The smallest absolute Gasteiger partial charge is 0.332 e. The Balaban J connectivity index is 3.50. The van der Waals surface area contributed by atoms with Crippen LogP contribution in [0.15, 0.2) is 5.11 Å². The number of rotatable bonds is 5. The van der Waals surface area contributed by atoms with E-state index in [1.807, 2.05) is 0 Å². The number of hydrogen-bond donors (Lipinski definition) is 0. The van der Waals surface area contributed by atoms with Crippen LogP contribution in [-0.2, 0) is 14.3 Å². The molecule has 0 heterocycles. The summed E-state index contributed by atoms with van der Waals surface area (Å²) in [5.41, 5.74) is 7.44. The molecule has 0 aliphatic heterocycles. The van der Waals surface area contributed by atoms with Crippen molar-refractivity contribution in [1.29, 1.82) is 0 Å². The molecule has 0 aliphatic rings. The van der Waals surface area contributed by atoms with Crippen molar-refractivity contribution in [3.8, 4) is 0 Å². The van der Waals surface area contributed by atoms with Gasteiger partial charge in [-0.05, 0) is 26.3 Å². The molecule has 14 heavy (non-hydrogen) atoms. The number of nitrogens with zero attached hydrogens (tertiary/aromatic N) is 3. The van der Waals surface area contributed by atoms with E-state index in [0.29, 0.717) is 0 Å². The number of carbonyl (C=O) groups excluding carboxylic acids is 1. The van der Waals surface area contributed by atoms with Gasteiger partial charge >= 0.3 is 5.97 Å². The fourth-order valence-electron chi connectivity index (χ4n) is 0.677. The summed E-state index contributed by atoms with van der Waals surface area (Å²) in [6.45, 7) is 5.68. The normalized spacial score (nSPS) is 10.5. The predicted octanol–water partition coefficient (Wildman–Crippen LogP) is 1.66. The molecule has 0 aromatic rings. The largest absolute Gasteiger partial charge is 0.458 e. The second-order valence-electron chi connectivity index (χ2n) is 3.59. The highest BCUT2D eigenvalue weighted by Gasteiger charge is 2.15. The fraction of sp³-hybridized carbons (Fsp3) is 0.875. The van der Waals surface area contributed by atoms with Gasteiger partial charge in [-0.15, -0.1) is 0 Å². The highest BCUT2D eigenvalue weighted by molar-refractivity contribution is 5.71.